The van der Waals surface area contributed by atoms with E-state index in [0.717, 1.165) is 24.2 Å². The van der Waals surface area contributed by atoms with Crippen molar-refractivity contribution in [3.8, 4) is 5.75 Å². The molecule has 1 atom stereocenters. The second-order valence-corrected chi connectivity index (χ2v) is 4.37. The molecule has 0 aromatic heterocycles. The molecule has 86 valence electrons. The Hall–Kier alpha value is -1.02. The third kappa shape index (κ3) is 2.22. The van der Waals surface area contributed by atoms with Gasteiger partial charge in [0, 0.05) is 6.21 Å². The van der Waals surface area contributed by atoms with Crippen LogP contribution in [0.1, 0.15) is 31.4 Å². The predicted octanol–water partition coefficient (Wildman–Crippen LogP) is 3.49. The Morgan fingerprint density at radius 2 is 2.25 bits per heavy atom. The largest absolute Gasteiger partial charge is 0.492 e. The van der Waals surface area contributed by atoms with Gasteiger partial charge in [-0.1, -0.05) is 18.5 Å². The fraction of sp³-hybridized carbons (Fsp3) is 0.462. The van der Waals surface area contributed by atoms with E-state index in [2.05, 4.69) is 18.0 Å². The first-order valence-corrected chi connectivity index (χ1v) is 6.10. The van der Waals surface area contributed by atoms with Crippen molar-refractivity contribution in [3.05, 3.63) is 28.3 Å². The zero-order valence-corrected chi connectivity index (χ0v) is 10.4. The highest BCUT2D eigenvalue weighted by Crippen LogP contribution is 2.30. The van der Waals surface area contributed by atoms with E-state index in [1.165, 1.54) is 5.56 Å². The van der Waals surface area contributed by atoms with Crippen LogP contribution in [0.3, 0.4) is 0 Å². The normalized spacial score (nSPS) is 18.3. The number of benzene rings is 1. The lowest BCUT2D eigenvalue weighted by Crippen LogP contribution is -2.14. The molecule has 3 heteroatoms. The highest BCUT2D eigenvalue weighted by atomic mass is 35.5. The summed E-state index contributed by atoms with van der Waals surface area (Å²) >= 11 is 6.12. The molecule has 0 fully saturated rings. The van der Waals surface area contributed by atoms with E-state index in [-0.39, 0.29) is 0 Å². The van der Waals surface area contributed by atoms with Crippen LogP contribution in [0.4, 0.5) is 0 Å². The molecule has 1 heterocycles. The van der Waals surface area contributed by atoms with Gasteiger partial charge in [0.1, 0.15) is 5.75 Å². The summed E-state index contributed by atoms with van der Waals surface area (Å²) in [6.07, 6.45) is 3.98. The minimum Gasteiger partial charge on any atom is -0.492 e. The average Bonchev–Trinajstić information content (AvgIpc) is 2.30. The van der Waals surface area contributed by atoms with Crippen molar-refractivity contribution in [1.82, 2.24) is 0 Å². The summed E-state index contributed by atoms with van der Waals surface area (Å²) in [6, 6.07) is 4.40. The molecule has 0 aliphatic carbocycles. The molecular formula is C13H16ClNO. The van der Waals surface area contributed by atoms with Crippen LogP contribution in [0.5, 0.6) is 5.75 Å². The smallest absolute Gasteiger partial charge is 0.138 e. The lowest BCUT2D eigenvalue weighted by molar-refractivity contribution is 0.340. The Labute approximate surface area is 101 Å². The minimum atomic E-state index is 0.406. The summed E-state index contributed by atoms with van der Waals surface area (Å²) in [5.74, 6) is 0.785. The first-order valence-electron chi connectivity index (χ1n) is 5.73. The van der Waals surface area contributed by atoms with Crippen molar-refractivity contribution in [3.63, 3.8) is 0 Å². The van der Waals surface area contributed by atoms with Gasteiger partial charge in [-0.15, -0.1) is 0 Å². The molecule has 1 aliphatic rings. The van der Waals surface area contributed by atoms with Crippen molar-refractivity contribution in [2.75, 3.05) is 6.61 Å². The first-order chi connectivity index (χ1) is 7.74. The van der Waals surface area contributed by atoms with E-state index < -0.39 is 0 Å². The monoisotopic (exact) mass is 237 g/mol. The summed E-state index contributed by atoms with van der Waals surface area (Å²) in [5.41, 5.74) is 2.41. The quantitative estimate of drug-likeness (QED) is 0.789. The van der Waals surface area contributed by atoms with Gasteiger partial charge in [-0.25, -0.2) is 0 Å². The fourth-order valence-electron chi connectivity index (χ4n) is 1.92. The van der Waals surface area contributed by atoms with Crippen LogP contribution in [0.15, 0.2) is 17.1 Å². The molecule has 1 aromatic rings. The molecule has 0 radical (unpaired) electrons. The third-order valence-electron chi connectivity index (χ3n) is 2.84. The van der Waals surface area contributed by atoms with Crippen LogP contribution in [0.2, 0.25) is 5.02 Å². The van der Waals surface area contributed by atoms with Crippen LogP contribution >= 0.6 is 11.6 Å². The molecule has 0 unspecified atom stereocenters. The Kier molecular flexibility index (Phi) is 3.49. The van der Waals surface area contributed by atoms with E-state index in [0.29, 0.717) is 17.7 Å². The van der Waals surface area contributed by atoms with E-state index in [9.17, 15) is 0 Å². The predicted molar refractivity (Wildman–Crippen MR) is 68.0 cm³/mol. The molecule has 1 aromatic carbocycles. The standard InChI is InChI=1S/C13H16ClNO/c1-3-11-5-9-7-13(16-4-2)12(14)6-10(9)8-15-11/h6-8,11H,3-5H2,1-2H3/t11-/m1/s1. The topological polar surface area (TPSA) is 21.6 Å². The summed E-state index contributed by atoms with van der Waals surface area (Å²) < 4.78 is 5.50. The van der Waals surface area contributed by atoms with E-state index in [1.807, 2.05) is 19.2 Å². The lowest BCUT2D eigenvalue weighted by Gasteiger charge is -2.19. The van der Waals surface area contributed by atoms with Crippen LogP contribution in [-0.2, 0) is 6.42 Å². The van der Waals surface area contributed by atoms with Gasteiger partial charge in [0.05, 0.1) is 17.7 Å². The maximum absolute atomic E-state index is 6.12. The number of ether oxygens (including phenoxy) is 1. The van der Waals surface area contributed by atoms with Gasteiger partial charge in [-0.05, 0) is 43.0 Å². The molecule has 0 saturated carbocycles. The summed E-state index contributed by atoms with van der Waals surface area (Å²) in [7, 11) is 0. The molecule has 2 nitrogen and oxygen atoms in total. The second kappa shape index (κ2) is 4.88. The number of hydrogen-bond acceptors (Lipinski definition) is 2. The average molecular weight is 238 g/mol. The van der Waals surface area contributed by atoms with Gasteiger partial charge in [0.2, 0.25) is 0 Å². The molecular weight excluding hydrogens is 222 g/mol. The number of nitrogens with zero attached hydrogens (tertiary/aromatic N) is 1. The molecule has 1 aliphatic heterocycles. The first kappa shape index (κ1) is 11.5. The lowest BCUT2D eigenvalue weighted by atomic mass is 9.96. The molecule has 0 spiro atoms. The Bertz CT molecular complexity index is 415. The third-order valence-corrected chi connectivity index (χ3v) is 3.14. The van der Waals surface area contributed by atoms with Crippen molar-refractivity contribution < 1.29 is 4.74 Å². The van der Waals surface area contributed by atoms with Crippen molar-refractivity contribution >= 4 is 17.8 Å². The number of rotatable bonds is 3. The van der Waals surface area contributed by atoms with Crippen LogP contribution in [0.25, 0.3) is 0 Å². The summed E-state index contributed by atoms with van der Waals surface area (Å²) in [4.78, 5) is 4.48. The van der Waals surface area contributed by atoms with Gasteiger partial charge in [0.15, 0.2) is 0 Å². The van der Waals surface area contributed by atoms with E-state index >= 15 is 0 Å². The SMILES string of the molecule is CCOc1cc2c(cc1Cl)C=N[C@H](CC)C2. The maximum Gasteiger partial charge on any atom is 0.138 e. The number of aliphatic imine (C=N–C) groups is 1. The Morgan fingerprint density at radius 1 is 1.44 bits per heavy atom. The van der Waals surface area contributed by atoms with Gasteiger partial charge < -0.3 is 4.74 Å². The van der Waals surface area contributed by atoms with Crippen LogP contribution in [-0.4, -0.2) is 18.9 Å². The zero-order chi connectivity index (χ0) is 11.5. The van der Waals surface area contributed by atoms with Crippen molar-refractivity contribution in [2.45, 2.75) is 32.7 Å². The molecule has 0 amide bonds. The molecule has 2 rings (SSSR count). The van der Waals surface area contributed by atoms with Crippen LogP contribution in [0, 0.1) is 0 Å². The molecule has 16 heavy (non-hydrogen) atoms. The van der Waals surface area contributed by atoms with E-state index in [1.54, 1.807) is 0 Å². The molecule has 0 saturated heterocycles. The number of fused-ring (bicyclic) bond motifs is 1. The fourth-order valence-corrected chi connectivity index (χ4v) is 2.14. The molecule has 0 bridgehead atoms. The van der Waals surface area contributed by atoms with Gasteiger partial charge in [0.25, 0.3) is 0 Å². The van der Waals surface area contributed by atoms with E-state index in [4.69, 9.17) is 16.3 Å². The zero-order valence-electron chi connectivity index (χ0n) is 9.66. The van der Waals surface area contributed by atoms with Crippen molar-refractivity contribution in [1.29, 1.82) is 0 Å². The Balaban J connectivity index is 2.34. The highest BCUT2D eigenvalue weighted by Gasteiger charge is 2.16. The summed E-state index contributed by atoms with van der Waals surface area (Å²) in [6.45, 7) is 4.77. The maximum atomic E-state index is 6.12. The van der Waals surface area contributed by atoms with Gasteiger partial charge in [-0.2, -0.15) is 0 Å². The van der Waals surface area contributed by atoms with Crippen LogP contribution < -0.4 is 4.74 Å². The van der Waals surface area contributed by atoms with Gasteiger partial charge >= 0.3 is 0 Å². The van der Waals surface area contributed by atoms with Gasteiger partial charge in [-0.3, -0.25) is 4.99 Å². The Morgan fingerprint density at radius 3 is 2.94 bits per heavy atom. The molecule has 0 N–H and O–H groups in total. The summed E-state index contributed by atoms with van der Waals surface area (Å²) in [5, 5.41) is 0.669. The second-order valence-electron chi connectivity index (χ2n) is 3.96. The number of hydrogen-bond donors (Lipinski definition) is 0. The van der Waals surface area contributed by atoms with Crippen molar-refractivity contribution in [2.24, 2.45) is 4.99 Å². The number of halogens is 1. The highest BCUT2D eigenvalue weighted by molar-refractivity contribution is 6.32. The minimum absolute atomic E-state index is 0.406.